The molecule has 0 bridgehead atoms. The van der Waals surface area contributed by atoms with Crippen molar-refractivity contribution in [1.82, 2.24) is 0 Å². The van der Waals surface area contributed by atoms with Crippen molar-refractivity contribution < 1.29 is 4.79 Å². The van der Waals surface area contributed by atoms with E-state index in [0.717, 1.165) is 20.2 Å². The van der Waals surface area contributed by atoms with E-state index in [1.165, 1.54) is 0 Å². The molecule has 4 heteroatoms. The summed E-state index contributed by atoms with van der Waals surface area (Å²) in [5.41, 5.74) is 2.47. The van der Waals surface area contributed by atoms with E-state index in [2.05, 4.69) is 37.2 Å². The van der Waals surface area contributed by atoms with Crippen molar-refractivity contribution in [3.8, 4) is 0 Å². The highest BCUT2D eigenvalue weighted by Gasteiger charge is 2.10. The lowest BCUT2D eigenvalue weighted by atomic mass is 10.1. The van der Waals surface area contributed by atoms with Crippen molar-refractivity contribution >= 4 is 43.5 Å². The zero-order valence-electron chi connectivity index (χ0n) is 9.71. The zero-order valence-corrected chi connectivity index (χ0v) is 12.9. The molecule has 2 rings (SSSR count). The molecule has 0 radical (unpaired) electrons. The van der Waals surface area contributed by atoms with Gasteiger partial charge in [0.2, 0.25) is 0 Å². The van der Waals surface area contributed by atoms with Crippen LogP contribution in [0.4, 0.5) is 5.69 Å². The molecular formula is C14H11Br2NO. The number of hydrogen-bond donors (Lipinski definition) is 1. The summed E-state index contributed by atoms with van der Waals surface area (Å²) >= 11 is 6.75. The predicted molar refractivity (Wildman–Crippen MR) is 81.0 cm³/mol. The minimum absolute atomic E-state index is 0.118. The van der Waals surface area contributed by atoms with Crippen LogP contribution >= 0.6 is 31.9 Å². The molecule has 0 aromatic heterocycles. The van der Waals surface area contributed by atoms with Crippen molar-refractivity contribution in [2.45, 2.75) is 6.92 Å². The van der Waals surface area contributed by atoms with Gasteiger partial charge in [0.15, 0.2) is 0 Å². The fraction of sp³-hybridized carbons (Fsp3) is 0.0714. The summed E-state index contributed by atoms with van der Waals surface area (Å²) in [6.07, 6.45) is 0. The summed E-state index contributed by atoms with van der Waals surface area (Å²) in [4.78, 5) is 12.1. The third kappa shape index (κ3) is 3.21. The van der Waals surface area contributed by atoms with E-state index >= 15 is 0 Å². The van der Waals surface area contributed by atoms with Crippen LogP contribution in [0.5, 0.6) is 0 Å². The average molecular weight is 369 g/mol. The van der Waals surface area contributed by atoms with Gasteiger partial charge in [-0.1, -0.05) is 27.6 Å². The molecule has 2 nitrogen and oxygen atoms in total. The summed E-state index contributed by atoms with van der Waals surface area (Å²) in [6.45, 7) is 1.96. The molecule has 0 aliphatic carbocycles. The number of aryl methyl sites for hydroxylation is 1. The summed E-state index contributed by atoms with van der Waals surface area (Å²) < 4.78 is 1.78. The highest BCUT2D eigenvalue weighted by Crippen LogP contribution is 2.20. The molecule has 0 atom stereocenters. The second kappa shape index (κ2) is 5.67. The first kappa shape index (κ1) is 13.3. The van der Waals surface area contributed by atoms with Crippen molar-refractivity contribution in [2.24, 2.45) is 0 Å². The Balaban J connectivity index is 2.21. The minimum atomic E-state index is -0.118. The minimum Gasteiger partial charge on any atom is -0.322 e. The van der Waals surface area contributed by atoms with Crippen LogP contribution in [0.1, 0.15) is 15.9 Å². The standard InChI is InChI=1S/C14H11Br2NO/c1-9-2-7-13(16)12(8-9)14(18)17-11-5-3-10(15)4-6-11/h2-8H,1H3,(H,17,18). The molecule has 0 saturated carbocycles. The van der Waals surface area contributed by atoms with Crippen LogP contribution in [-0.4, -0.2) is 5.91 Å². The number of carbonyl (C=O) groups excluding carboxylic acids is 1. The third-order valence-electron chi connectivity index (χ3n) is 2.47. The Morgan fingerprint density at radius 3 is 2.39 bits per heavy atom. The monoisotopic (exact) mass is 367 g/mol. The van der Waals surface area contributed by atoms with Gasteiger partial charge in [0.1, 0.15) is 0 Å². The molecule has 2 aromatic rings. The summed E-state index contributed by atoms with van der Waals surface area (Å²) in [7, 11) is 0. The Hall–Kier alpha value is -1.13. The second-order valence-electron chi connectivity index (χ2n) is 3.94. The molecule has 0 fully saturated rings. The van der Waals surface area contributed by atoms with E-state index in [1.54, 1.807) is 0 Å². The van der Waals surface area contributed by atoms with Crippen LogP contribution in [0, 0.1) is 6.92 Å². The van der Waals surface area contributed by atoms with E-state index in [1.807, 2.05) is 49.4 Å². The lowest BCUT2D eigenvalue weighted by Crippen LogP contribution is -2.12. The van der Waals surface area contributed by atoms with E-state index < -0.39 is 0 Å². The number of anilines is 1. The van der Waals surface area contributed by atoms with Crippen molar-refractivity contribution in [3.05, 3.63) is 62.5 Å². The van der Waals surface area contributed by atoms with Gasteiger partial charge in [-0.15, -0.1) is 0 Å². The van der Waals surface area contributed by atoms with Gasteiger partial charge in [0, 0.05) is 14.6 Å². The quantitative estimate of drug-likeness (QED) is 0.812. The number of rotatable bonds is 2. The Morgan fingerprint density at radius 2 is 1.72 bits per heavy atom. The average Bonchev–Trinajstić information content (AvgIpc) is 2.35. The second-order valence-corrected chi connectivity index (χ2v) is 5.71. The smallest absolute Gasteiger partial charge is 0.256 e. The Labute approximate surface area is 123 Å². The van der Waals surface area contributed by atoms with E-state index in [4.69, 9.17) is 0 Å². The number of benzene rings is 2. The highest BCUT2D eigenvalue weighted by atomic mass is 79.9. The number of carbonyl (C=O) groups is 1. The SMILES string of the molecule is Cc1ccc(Br)c(C(=O)Nc2ccc(Br)cc2)c1. The van der Waals surface area contributed by atoms with Crippen molar-refractivity contribution in [1.29, 1.82) is 0 Å². The van der Waals surface area contributed by atoms with Gasteiger partial charge in [-0.25, -0.2) is 0 Å². The highest BCUT2D eigenvalue weighted by molar-refractivity contribution is 9.10. The summed E-state index contributed by atoms with van der Waals surface area (Å²) in [5, 5.41) is 2.86. The number of halogens is 2. The molecule has 0 aliphatic rings. The molecule has 0 heterocycles. The van der Waals surface area contributed by atoms with Crippen LogP contribution < -0.4 is 5.32 Å². The van der Waals surface area contributed by atoms with Crippen LogP contribution in [0.15, 0.2) is 51.4 Å². The van der Waals surface area contributed by atoms with E-state index in [9.17, 15) is 4.79 Å². The summed E-state index contributed by atoms with van der Waals surface area (Å²) in [6, 6.07) is 13.2. The number of amides is 1. The number of nitrogens with one attached hydrogen (secondary N) is 1. The summed E-state index contributed by atoms with van der Waals surface area (Å²) in [5.74, 6) is -0.118. The molecule has 1 N–H and O–H groups in total. The molecular weight excluding hydrogens is 358 g/mol. The topological polar surface area (TPSA) is 29.1 Å². The lowest BCUT2D eigenvalue weighted by molar-refractivity contribution is 0.102. The molecule has 2 aromatic carbocycles. The maximum atomic E-state index is 12.1. The van der Waals surface area contributed by atoms with Gasteiger partial charge < -0.3 is 5.32 Å². The molecule has 1 amide bonds. The maximum absolute atomic E-state index is 12.1. The maximum Gasteiger partial charge on any atom is 0.256 e. The molecule has 0 aliphatic heterocycles. The van der Waals surface area contributed by atoms with Gasteiger partial charge in [-0.05, 0) is 59.3 Å². The van der Waals surface area contributed by atoms with Gasteiger partial charge in [0.25, 0.3) is 5.91 Å². The predicted octanol–water partition coefficient (Wildman–Crippen LogP) is 4.77. The molecule has 0 spiro atoms. The van der Waals surface area contributed by atoms with Gasteiger partial charge in [-0.2, -0.15) is 0 Å². The van der Waals surface area contributed by atoms with Crippen molar-refractivity contribution in [3.63, 3.8) is 0 Å². The van der Waals surface area contributed by atoms with E-state index in [-0.39, 0.29) is 5.91 Å². The van der Waals surface area contributed by atoms with Gasteiger partial charge >= 0.3 is 0 Å². The van der Waals surface area contributed by atoms with Crippen molar-refractivity contribution in [2.75, 3.05) is 5.32 Å². The molecule has 92 valence electrons. The fourth-order valence-corrected chi connectivity index (χ4v) is 2.24. The van der Waals surface area contributed by atoms with Crippen LogP contribution in [0.2, 0.25) is 0 Å². The number of hydrogen-bond acceptors (Lipinski definition) is 1. The van der Waals surface area contributed by atoms with E-state index in [0.29, 0.717) is 5.56 Å². The third-order valence-corrected chi connectivity index (χ3v) is 3.69. The zero-order chi connectivity index (χ0) is 13.1. The first-order valence-electron chi connectivity index (χ1n) is 5.39. The molecule has 0 unspecified atom stereocenters. The van der Waals surface area contributed by atoms with Crippen LogP contribution in [-0.2, 0) is 0 Å². The Bertz CT molecular complexity index is 579. The fourth-order valence-electron chi connectivity index (χ4n) is 1.54. The Morgan fingerprint density at radius 1 is 1.06 bits per heavy atom. The first-order chi connectivity index (χ1) is 8.56. The largest absolute Gasteiger partial charge is 0.322 e. The van der Waals surface area contributed by atoms with Gasteiger partial charge in [0.05, 0.1) is 5.56 Å². The normalized spacial score (nSPS) is 10.2. The lowest BCUT2D eigenvalue weighted by Gasteiger charge is -2.07. The first-order valence-corrected chi connectivity index (χ1v) is 6.98. The van der Waals surface area contributed by atoms with Crippen LogP contribution in [0.3, 0.4) is 0 Å². The van der Waals surface area contributed by atoms with Crippen LogP contribution in [0.25, 0.3) is 0 Å². The van der Waals surface area contributed by atoms with Gasteiger partial charge in [-0.3, -0.25) is 4.79 Å². The Kier molecular flexibility index (Phi) is 4.19. The molecule has 0 saturated heterocycles. The molecule has 18 heavy (non-hydrogen) atoms.